The molecule has 1 atom stereocenters. The van der Waals surface area contributed by atoms with Crippen LogP contribution in [-0.4, -0.2) is 72.1 Å². The van der Waals surface area contributed by atoms with Crippen molar-refractivity contribution in [1.82, 2.24) is 0 Å². The molecule has 4 N–H and O–H groups in total. The highest BCUT2D eigenvalue weighted by Crippen LogP contribution is 2.12. The Balaban J connectivity index is 0.000000344. The Morgan fingerprint density at radius 2 is 1.63 bits per heavy atom. The highest BCUT2D eigenvalue weighted by molar-refractivity contribution is 5.71. The smallest absolute Gasteiger partial charge is 0.308 e. The molecule has 1 rings (SSSR count). The lowest BCUT2D eigenvalue weighted by Gasteiger charge is -2.23. The summed E-state index contributed by atoms with van der Waals surface area (Å²) in [7, 11) is 0. The van der Waals surface area contributed by atoms with Crippen LogP contribution in [0.15, 0.2) is 0 Å². The van der Waals surface area contributed by atoms with E-state index in [1.54, 1.807) is 0 Å². The van der Waals surface area contributed by atoms with Gasteiger partial charge in [-0.3, -0.25) is 4.79 Å². The van der Waals surface area contributed by atoms with Gasteiger partial charge in [-0.1, -0.05) is 13.8 Å². The fourth-order valence-electron chi connectivity index (χ4n) is 0.806. The first-order valence-corrected chi connectivity index (χ1v) is 6.16. The number of aliphatic hydroxyl groups is 4. The summed E-state index contributed by atoms with van der Waals surface area (Å²) in [4.78, 5) is 10.8. The van der Waals surface area contributed by atoms with Crippen LogP contribution in [0.2, 0.25) is 0 Å². The molecular formula is C12H24O7. The Kier molecular flexibility index (Phi) is 8.86. The lowest BCUT2D eigenvalue weighted by atomic mass is 9.93. The molecule has 1 fully saturated rings. The molecule has 0 amide bonds. The van der Waals surface area contributed by atoms with Crippen LogP contribution >= 0.6 is 0 Å². The third kappa shape index (κ3) is 7.44. The van der Waals surface area contributed by atoms with Crippen molar-refractivity contribution in [3.63, 3.8) is 0 Å². The van der Waals surface area contributed by atoms with E-state index in [1.807, 2.05) is 13.8 Å². The van der Waals surface area contributed by atoms with Crippen LogP contribution in [0.1, 0.15) is 13.8 Å². The molecule has 0 aromatic carbocycles. The molecule has 0 bridgehead atoms. The fourth-order valence-corrected chi connectivity index (χ4v) is 0.806. The van der Waals surface area contributed by atoms with Gasteiger partial charge in [0.2, 0.25) is 0 Å². The molecule has 0 spiro atoms. The second-order valence-electron chi connectivity index (χ2n) is 4.87. The van der Waals surface area contributed by atoms with E-state index in [0.29, 0.717) is 6.61 Å². The van der Waals surface area contributed by atoms with E-state index in [0.717, 1.165) is 6.61 Å². The summed E-state index contributed by atoms with van der Waals surface area (Å²) in [5.74, 6) is -0.172. The van der Waals surface area contributed by atoms with E-state index in [1.165, 1.54) is 0 Å². The van der Waals surface area contributed by atoms with E-state index in [9.17, 15) is 4.79 Å². The largest absolute Gasteiger partial charge is 0.463 e. The predicted molar refractivity (Wildman–Crippen MR) is 66.3 cm³/mol. The SMILES string of the molecule is CC(C)C(=O)OCC1CO1.OCC(CO)(CO)CO. The van der Waals surface area contributed by atoms with Gasteiger partial charge in [0.25, 0.3) is 0 Å². The van der Waals surface area contributed by atoms with E-state index in [2.05, 4.69) is 0 Å². The van der Waals surface area contributed by atoms with Crippen molar-refractivity contribution >= 4 is 5.97 Å². The second kappa shape index (κ2) is 9.22. The Hall–Kier alpha value is -0.730. The van der Waals surface area contributed by atoms with Gasteiger partial charge in [0.1, 0.15) is 12.7 Å². The highest BCUT2D eigenvalue weighted by atomic mass is 16.6. The van der Waals surface area contributed by atoms with Gasteiger partial charge in [-0.2, -0.15) is 0 Å². The summed E-state index contributed by atoms with van der Waals surface area (Å²) >= 11 is 0. The quantitative estimate of drug-likeness (QED) is 0.332. The van der Waals surface area contributed by atoms with Crippen molar-refractivity contribution in [2.75, 3.05) is 39.6 Å². The average molecular weight is 280 g/mol. The normalized spacial score (nSPS) is 17.7. The third-order valence-corrected chi connectivity index (χ3v) is 2.63. The Morgan fingerprint density at radius 1 is 1.21 bits per heavy atom. The summed E-state index contributed by atoms with van der Waals surface area (Å²) in [5.41, 5.74) is -1.11. The molecule has 0 saturated carbocycles. The molecule has 7 heteroatoms. The maximum absolute atomic E-state index is 10.8. The lowest BCUT2D eigenvalue weighted by Crippen LogP contribution is -2.37. The second-order valence-corrected chi connectivity index (χ2v) is 4.87. The molecule has 0 aliphatic carbocycles. The number of carbonyl (C=O) groups excluding carboxylic acids is 1. The Bertz CT molecular complexity index is 229. The third-order valence-electron chi connectivity index (χ3n) is 2.63. The van der Waals surface area contributed by atoms with E-state index in [-0.39, 0.29) is 18.0 Å². The molecule has 0 aromatic heterocycles. The summed E-state index contributed by atoms with van der Waals surface area (Å²) in [6, 6.07) is 0. The topological polar surface area (TPSA) is 120 Å². The number of hydrogen-bond donors (Lipinski definition) is 4. The highest BCUT2D eigenvalue weighted by Gasteiger charge is 2.26. The Labute approximate surface area is 112 Å². The first-order chi connectivity index (χ1) is 8.94. The standard InChI is InChI=1S/C7H12O3.C5H12O4/c1-5(2)7(8)10-4-6-3-9-6;6-1-5(2-7,3-8)4-9/h5-6H,3-4H2,1-2H3;6-9H,1-4H2. The summed E-state index contributed by atoms with van der Waals surface area (Å²) in [6.07, 6.45) is 0.183. The molecule has 19 heavy (non-hydrogen) atoms. The van der Waals surface area contributed by atoms with E-state index in [4.69, 9.17) is 29.9 Å². The minimum absolute atomic E-state index is 0.0289. The number of aliphatic hydroxyl groups excluding tert-OH is 4. The van der Waals surface area contributed by atoms with Crippen molar-refractivity contribution in [2.24, 2.45) is 11.3 Å². The lowest BCUT2D eigenvalue weighted by molar-refractivity contribution is -0.147. The molecule has 7 nitrogen and oxygen atoms in total. The molecule has 1 aliphatic rings. The first kappa shape index (κ1) is 18.3. The molecule has 1 aliphatic heterocycles. The Morgan fingerprint density at radius 3 is 1.84 bits per heavy atom. The maximum Gasteiger partial charge on any atom is 0.308 e. The van der Waals surface area contributed by atoms with Crippen LogP contribution in [-0.2, 0) is 14.3 Å². The molecule has 1 saturated heterocycles. The molecule has 114 valence electrons. The van der Waals surface area contributed by atoms with Crippen LogP contribution in [0.25, 0.3) is 0 Å². The van der Waals surface area contributed by atoms with Crippen molar-refractivity contribution in [3.8, 4) is 0 Å². The van der Waals surface area contributed by atoms with Gasteiger partial charge in [-0.25, -0.2) is 0 Å². The number of esters is 1. The fraction of sp³-hybridized carbons (Fsp3) is 0.917. The number of hydrogen-bond acceptors (Lipinski definition) is 7. The molecule has 1 unspecified atom stereocenters. The average Bonchev–Trinajstić information content (AvgIpc) is 3.24. The van der Waals surface area contributed by atoms with Crippen molar-refractivity contribution in [1.29, 1.82) is 0 Å². The molecule has 0 aromatic rings. The monoisotopic (exact) mass is 280 g/mol. The van der Waals surface area contributed by atoms with Crippen LogP contribution < -0.4 is 0 Å². The van der Waals surface area contributed by atoms with Crippen molar-refractivity contribution < 1.29 is 34.7 Å². The number of carbonyl (C=O) groups is 1. The van der Waals surface area contributed by atoms with Crippen LogP contribution in [0.4, 0.5) is 0 Å². The van der Waals surface area contributed by atoms with Gasteiger partial charge >= 0.3 is 5.97 Å². The minimum Gasteiger partial charge on any atom is -0.463 e. The number of rotatable bonds is 7. The molecule has 0 radical (unpaired) electrons. The zero-order valence-electron chi connectivity index (χ0n) is 11.4. The van der Waals surface area contributed by atoms with Gasteiger partial charge in [0.05, 0.1) is 44.4 Å². The van der Waals surface area contributed by atoms with Gasteiger partial charge < -0.3 is 29.9 Å². The van der Waals surface area contributed by atoms with Gasteiger partial charge in [0, 0.05) is 0 Å². The summed E-state index contributed by atoms with van der Waals surface area (Å²) < 4.78 is 9.72. The molecular weight excluding hydrogens is 256 g/mol. The summed E-state index contributed by atoms with van der Waals surface area (Å²) in [6.45, 7) is 3.18. The zero-order chi connectivity index (χ0) is 14.9. The predicted octanol–water partition coefficient (Wildman–Crippen LogP) is -1.47. The first-order valence-electron chi connectivity index (χ1n) is 6.16. The van der Waals surface area contributed by atoms with E-state index < -0.39 is 31.8 Å². The van der Waals surface area contributed by atoms with Crippen LogP contribution in [0.3, 0.4) is 0 Å². The minimum atomic E-state index is -1.11. The zero-order valence-corrected chi connectivity index (χ0v) is 11.4. The van der Waals surface area contributed by atoms with Gasteiger partial charge in [0.15, 0.2) is 0 Å². The van der Waals surface area contributed by atoms with Crippen molar-refractivity contribution in [3.05, 3.63) is 0 Å². The maximum atomic E-state index is 10.8. The van der Waals surface area contributed by atoms with Crippen LogP contribution in [0, 0.1) is 11.3 Å². The van der Waals surface area contributed by atoms with E-state index >= 15 is 0 Å². The van der Waals surface area contributed by atoms with Gasteiger partial charge in [-0.15, -0.1) is 0 Å². The van der Waals surface area contributed by atoms with Crippen molar-refractivity contribution in [2.45, 2.75) is 20.0 Å². The number of ether oxygens (including phenoxy) is 2. The molecule has 1 heterocycles. The van der Waals surface area contributed by atoms with Crippen LogP contribution in [0.5, 0.6) is 0 Å². The van der Waals surface area contributed by atoms with Gasteiger partial charge in [-0.05, 0) is 0 Å². The number of epoxide rings is 1. The summed E-state index contributed by atoms with van der Waals surface area (Å²) in [5, 5.41) is 34.0.